The summed E-state index contributed by atoms with van der Waals surface area (Å²) in [5.74, 6) is -0.616. The van der Waals surface area contributed by atoms with Gasteiger partial charge in [-0.1, -0.05) is 56.3 Å². The van der Waals surface area contributed by atoms with Crippen LogP contribution in [0.4, 0.5) is 10.1 Å². The summed E-state index contributed by atoms with van der Waals surface area (Å²) in [5.41, 5.74) is 2.59. The van der Waals surface area contributed by atoms with Gasteiger partial charge in [-0.2, -0.15) is 0 Å². The van der Waals surface area contributed by atoms with Gasteiger partial charge in [0.05, 0.1) is 7.11 Å². The van der Waals surface area contributed by atoms with Crippen LogP contribution in [0.5, 0.6) is 5.75 Å². The van der Waals surface area contributed by atoms with Crippen LogP contribution < -0.4 is 9.04 Å². The molecule has 6 nitrogen and oxygen atoms in total. The molecular weight excluding hydrogens is 445 g/mol. The van der Waals surface area contributed by atoms with Gasteiger partial charge in [0.1, 0.15) is 24.2 Å². The molecule has 33 heavy (non-hydrogen) atoms. The fourth-order valence-electron chi connectivity index (χ4n) is 3.42. The van der Waals surface area contributed by atoms with Gasteiger partial charge in [0.15, 0.2) is 0 Å². The lowest BCUT2D eigenvalue weighted by atomic mass is 10.0. The van der Waals surface area contributed by atoms with E-state index in [4.69, 9.17) is 9.47 Å². The molecule has 2 unspecified atom stereocenters. The molecule has 0 aliphatic rings. The summed E-state index contributed by atoms with van der Waals surface area (Å²) in [5, 5.41) is 0. The third-order valence-electron chi connectivity index (χ3n) is 5.15. The fourth-order valence-corrected chi connectivity index (χ4v) is 4.23. The number of hydrogen-bond acceptors (Lipinski definition) is 5. The molecule has 0 aliphatic carbocycles. The van der Waals surface area contributed by atoms with Crippen molar-refractivity contribution in [2.75, 3.05) is 11.4 Å². The Bertz CT molecular complexity index is 1100. The van der Waals surface area contributed by atoms with Crippen molar-refractivity contribution in [3.63, 3.8) is 0 Å². The molecule has 0 saturated carbocycles. The van der Waals surface area contributed by atoms with Gasteiger partial charge in [0, 0.05) is 22.5 Å². The highest BCUT2D eigenvalue weighted by Gasteiger charge is 2.31. The van der Waals surface area contributed by atoms with Crippen molar-refractivity contribution in [1.82, 2.24) is 0 Å². The van der Waals surface area contributed by atoms with Gasteiger partial charge in [0.2, 0.25) is 0 Å². The summed E-state index contributed by atoms with van der Waals surface area (Å²) in [7, 11) is 1.23. The predicted molar refractivity (Wildman–Crippen MR) is 125 cm³/mol. The van der Waals surface area contributed by atoms with Crippen molar-refractivity contribution in [3.05, 3.63) is 84.2 Å². The van der Waals surface area contributed by atoms with E-state index in [0.717, 1.165) is 15.4 Å². The number of rotatable bonds is 9. The quantitative estimate of drug-likeness (QED) is 0.329. The minimum atomic E-state index is -2.66. The summed E-state index contributed by atoms with van der Waals surface area (Å²) in [4.78, 5) is 12.2. The zero-order chi connectivity index (χ0) is 24.0. The van der Waals surface area contributed by atoms with Crippen LogP contribution in [0.1, 0.15) is 19.4 Å². The minimum absolute atomic E-state index is 0.125. The number of ether oxygens (including phenoxy) is 2. The highest BCUT2D eigenvalue weighted by Crippen LogP contribution is 2.28. The average molecular weight is 471 g/mol. The molecule has 3 aromatic carbocycles. The maximum atomic E-state index is 13.7. The Morgan fingerprint density at radius 2 is 1.58 bits per heavy atom. The zero-order valence-corrected chi connectivity index (χ0v) is 19.4. The molecule has 0 bridgehead atoms. The monoisotopic (exact) mass is 470 g/mol. The van der Waals surface area contributed by atoms with E-state index in [2.05, 4.69) is 0 Å². The first-order chi connectivity index (χ1) is 15.8. The van der Waals surface area contributed by atoms with Gasteiger partial charge in [0.25, 0.3) is 0 Å². The molecule has 0 N–H and O–H groups in total. The van der Waals surface area contributed by atoms with Gasteiger partial charge >= 0.3 is 5.97 Å². The Morgan fingerprint density at radius 3 is 2.09 bits per heavy atom. The van der Waals surface area contributed by atoms with Gasteiger partial charge < -0.3 is 14.0 Å². The highest BCUT2D eigenvalue weighted by atomic mass is 32.2. The third-order valence-corrected chi connectivity index (χ3v) is 5.91. The van der Waals surface area contributed by atoms with Gasteiger partial charge in [-0.25, -0.2) is 9.18 Å². The van der Waals surface area contributed by atoms with Crippen LogP contribution in [0.15, 0.2) is 72.8 Å². The first-order valence-corrected chi connectivity index (χ1v) is 11.4. The highest BCUT2D eigenvalue weighted by molar-refractivity contribution is 7.80. The first-order valence-electron chi connectivity index (χ1n) is 10.3. The Labute approximate surface area is 195 Å². The normalized spacial score (nSPS) is 12.8. The Hall–Kier alpha value is -3.23. The third kappa shape index (κ3) is 5.97. The van der Waals surface area contributed by atoms with Crippen molar-refractivity contribution in [3.8, 4) is 16.9 Å². The molecule has 0 fully saturated rings. The Kier molecular flexibility index (Phi) is 8.19. The summed E-state index contributed by atoms with van der Waals surface area (Å²) >= 11 is -2.66. The lowest BCUT2D eigenvalue weighted by Crippen LogP contribution is -2.46. The maximum absolute atomic E-state index is 13.7. The molecule has 8 heteroatoms. The van der Waals surface area contributed by atoms with E-state index in [1.807, 2.05) is 12.1 Å². The van der Waals surface area contributed by atoms with E-state index in [1.54, 1.807) is 68.4 Å². The van der Waals surface area contributed by atoms with E-state index < -0.39 is 23.3 Å². The molecule has 0 radical (unpaired) electrons. The van der Waals surface area contributed by atoms with Crippen LogP contribution in [0.2, 0.25) is 0 Å². The number of halogens is 1. The van der Waals surface area contributed by atoms with Crippen molar-refractivity contribution >= 4 is 22.9 Å². The van der Waals surface area contributed by atoms with E-state index in [1.165, 1.54) is 13.2 Å². The van der Waals surface area contributed by atoms with Crippen LogP contribution >= 0.6 is 0 Å². The number of nitrogens with zero attached hydrogens (tertiary/aromatic N) is 1. The molecule has 0 spiro atoms. The number of methoxy groups -OCH3 is 1. The molecule has 3 rings (SSSR count). The summed E-state index contributed by atoms with van der Waals surface area (Å²) in [6, 6.07) is 19.6. The van der Waals surface area contributed by atoms with Crippen LogP contribution in [-0.2, 0) is 27.4 Å². The second kappa shape index (κ2) is 11.1. The number of carbonyl (C=O) groups is 1. The van der Waals surface area contributed by atoms with E-state index in [0.29, 0.717) is 17.0 Å². The topological polar surface area (TPSA) is 78.9 Å². The second-order valence-corrected chi connectivity index (χ2v) is 8.53. The van der Waals surface area contributed by atoms with Crippen molar-refractivity contribution in [2.24, 2.45) is 5.92 Å². The maximum Gasteiger partial charge on any atom is 0.329 e. The lowest BCUT2D eigenvalue weighted by Gasteiger charge is -2.35. The molecule has 3 aromatic rings. The standard InChI is InChI=1S/C25H26FNO5S/c1-17(2)24(25(28)31-3)27(33(29)30)21-12-8-18(9-13-21)19-10-14-22(15-11-19)32-16-20-6-4-5-7-23(20)26/h4-15,17,24H,16H2,1-3H3,(H,29,30)/p-1. The summed E-state index contributed by atoms with van der Waals surface area (Å²) in [6.45, 7) is 3.64. The number of hydrogen-bond donors (Lipinski definition) is 0. The molecule has 0 heterocycles. The van der Waals surface area contributed by atoms with Gasteiger partial charge in [-0.3, -0.25) is 8.51 Å². The fraction of sp³-hybridized carbons (Fsp3) is 0.240. The van der Waals surface area contributed by atoms with E-state index in [-0.39, 0.29) is 18.3 Å². The summed E-state index contributed by atoms with van der Waals surface area (Å²) < 4.78 is 49.1. The number of carbonyl (C=O) groups excluding carboxylic acids is 1. The van der Waals surface area contributed by atoms with Crippen molar-refractivity contribution < 1.29 is 27.4 Å². The van der Waals surface area contributed by atoms with Crippen LogP contribution in [0.25, 0.3) is 11.1 Å². The number of esters is 1. The van der Waals surface area contributed by atoms with Crippen molar-refractivity contribution in [2.45, 2.75) is 26.5 Å². The smallest absolute Gasteiger partial charge is 0.329 e. The largest absolute Gasteiger partial charge is 0.755 e. The molecule has 0 amide bonds. The van der Waals surface area contributed by atoms with Gasteiger partial charge in [-0.15, -0.1) is 0 Å². The molecule has 0 saturated heterocycles. The van der Waals surface area contributed by atoms with E-state index in [9.17, 15) is 17.9 Å². The van der Waals surface area contributed by atoms with Crippen LogP contribution in [-0.4, -0.2) is 27.9 Å². The van der Waals surface area contributed by atoms with Crippen LogP contribution in [0, 0.1) is 11.7 Å². The lowest BCUT2D eigenvalue weighted by molar-refractivity contribution is -0.142. The summed E-state index contributed by atoms with van der Waals surface area (Å²) in [6.07, 6.45) is 0. The number of benzene rings is 3. The molecular formula is C25H25FNO5S-. The minimum Gasteiger partial charge on any atom is -0.755 e. The SMILES string of the molecule is COC(=O)C(C(C)C)N(c1ccc(-c2ccc(OCc3ccccc3F)cc2)cc1)S(=O)[O-]. The van der Waals surface area contributed by atoms with Crippen LogP contribution in [0.3, 0.4) is 0 Å². The Morgan fingerprint density at radius 1 is 1.00 bits per heavy atom. The molecule has 0 aromatic heterocycles. The predicted octanol–water partition coefficient (Wildman–Crippen LogP) is 4.87. The second-order valence-electron chi connectivity index (χ2n) is 7.71. The zero-order valence-electron chi connectivity index (χ0n) is 18.6. The molecule has 0 aliphatic heterocycles. The molecule has 174 valence electrons. The van der Waals surface area contributed by atoms with E-state index >= 15 is 0 Å². The number of anilines is 1. The average Bonchev–Trinajstić information content (AvgIpc) is 2.81. The van der Waals surface area contributed by atoms with Gasteiger partial charge in [-0.05, 0) is 47.4 Å². The first kappa shape index (κ1) is 24.4. The Balaban J connectivity index is 1.75. The molecule has 2 atom stereocenters. The van der Waals surface area contributed by atoms with Crippen molar-refractivity contribution in [1.29, 1.82) is 0 Å².